The van der Waals surface area contributed by atoms with E-state index in [4.69, 9.17) is 11.5 Å². The molecule has 3 saturated heterocycles. The Bertz CT molecular complexity index is 1810. The molecule has 0 spiro atoms. The highest BCUT2D eigenvalue weighted by Crippen LogP contribution is 2.27. The minimum atomic E-state index is -1.67. The number of aliphatic carboxylic acids is 1. The van der Waals surface area contributed by atoms with Gasteiger partial charge in [0.2, 0.25) is 47.3 Å². The highest BCUT2D eigenvalue weighted by molar-refractivity contribution is 5.99. The van der Waals surface area contributed by atoms with E-state index in [9.17, 15) is 48.3 Å². The number of benzene rings is 1. The summed E-state index contributed by atoms with van der Waals surface area (Å²) in [7, 11) is 0. The zero-order valence-electron chi connectivity index (χ0n) is 34.1. The van der Waals surface area contributed by atoms with Crippen LogP contribution in [0.1, 0.15) is 83.7 Å². The Morgan fingerprint density at radius 2 is 1.40 bits per heavy atom. The molecule has 0 unspecified atom stereocenters. The lowest BCUT2D eigenvalue weighted by Crippen LogP contribution is -2.59. The van der Waals surface area contributed by atoms with Crippen molar-refractivity contribution in [1.82, 2.24) is 41.7 Å². The van der Waals surface area contributed by atoms with Crippen LogP contribution in [-0.4, -0.2) is 137 Å². The van der Waals surface area contributed by atoms with Gasteiger partial charge in [0.05, 0.1) is 13.0 Å². The number of fused-ring (bicyclic) bond motifs is 2. The number of hydrogen-bond acceptors (Lipinski definition) is 10. The third-order valence-electron chi connectivity index (χ3n) is 10.4. The maximum atomic E-state index is 14.2. The number of guanidine groups is 1. The van der Waals surface area contributed by atoms with Crippen LogP contribution in [0.4, 0.5) is 0 Å². The fourth-order valence-corrected chi connectivity index (χ4v) is 7.48. The second kappa shape index (κ2) is 21.6. The van der Waals surface area contributed by atoms with Crippen LogP contribution in [-0.2, 0) is 43.2 Å². The molecule has 1 aromatic rings. The molecule has 328 valence electrons. The first kappa shape index (κ1) is 46.4. The average Bonchev–Trinajstić information content (AvgIpc) is 3.90. The zero-order valence-corrected chi connectivity index (χ0v) is 34.1. The van der Waals surface area contributed by atoms with Crippen LogP contribution in [0, 0.1) is 5.92 Å². The lowest BCUT2D eigenvalue weighted by Gasteiger charge is -2.34. The van der Waals surface area contributed by atoms with Gasteiger partial charge in [-0.25, -0.2) is 0 Å². The molecule has 60 heavy (non-hydrogen) atoms. The fourth-order valence-electron chi connectivity index (χ4n) is 7.48. The number of aliphatic imine (C=N–C) groups is 1. The Balaban J connectivity index is 1.70. The maximum absolute atomic E-state index is 14.2. The van der Waals surface area contributed by atoms with Crippen molar-refractivity contribution >= 4 is 59.2 Å². The van der Waals surface area contributed by atoms with Crippen LogP contribution in [0.3, 0.4) is 0 Å². The van der Waals surface area contributed by atoms with Gasteiger partial charge < -0.3 is 58.3 Å². The number of nitrogens with zero attached hydrogens (tertiary/aromatic N) is 3. The number of amides is 8. The lowest BCUT2D eigenvalue weighted by atomic mass is 10.0. The standard InChI is InChI=1S/C39H57N11O10/c1-21(2)18-26-37(59)50-17-9-14-28(50)38(60)49-16-8-13-27(49)35(57)44-22(3)32(54)48-31(23-10-5-4-6-11-23)36(58)46-24(12-7-15-42-39(40)41)33(55)43-20-29(51)45-25(19-30(52)53)34(56)47-26/h4-6,10-11,21-22,24-28,31H,7-9,12-20H2,1-3H3,(H,43,55)(H,44,57)(H,45,51)(H,46,58)(H,47,56)(H,48,54)(H,52,53)(H4,40,41,42)/t22-,24-,25-,26-,27-,28+,31-/m0/s1. The number of nitrogens with two attached hydrogens (primary N) is 2. The third-order valence-corrected chi connectivity index (χ3v) is 10.4. The van der Waals surface area contributed by atoms with E-state index in [-0.39, 0.29) is 57.2 Å². The number of carbonyl (C=O) groups excluding carboxylic acids is 8. The molecule has 0 radical (unpaired) electrons. The van der Waals surface area contributed by atoms with Crippen molar-refractivity contribution in [1.29, 1.82) is 0 Å². The Morgan fingerprint density at radius 3 is 2.03 bits per heavy atom. The molecule has 0 saturated carbocycles. The van der Waals surface area contributed by atoms with Crippen molar-refractivity contribution in [2.45, 2.75) is 114 Å². The summed E-state index contributed by atoms with van der Waals surface area (Å²) in [5, 5.41) is 24.9. The van der Waals surface area contributed by atoms with Crippen LogP contribution in [0.2, 0.25) is 0 Å². The van der Waals surface area contributed by atoms with Gasteiger partial charge in [-0.2, -0.15) is 0 Å². The SMILES string of the molecule is CC(C)C[C@@H]1NC(=O)[C@H](CC(=O)O)NC(=O)CNC(=O)[C@H](CCCN=C(N)N)NC(=O)[C@H](c2ccccc2)NC(=O)[C@H](C)NC(=O)[C@@H]2CCCN2C(=O)[C@H]2CCCN2C1=O. The molecular weight excluding hydrogens is 782 g/mol. The first-order valence-corrected chi connectivity index (χ1v) is 20.2. The van der Waals surface area contributed by atoms with Gasteiger partial charge in [0.1, 0.15) is 42.3 Å². The van der Waals surface area contributed by atoms with Crippen molar-refractivity contribution in [3.63, 3.8) is 0 Å². The van der Waals surface area contributed by atoms with Crippen LogP contribution >= 0.6 is 0 Å². The van der Waals surface area contributed by atoms with Gasteiger partial charge in [0, 0.05) is 19.6 Å². The van der Waals surface area contributed by atoms with E-state index in [0.717, 1.165) is 0 Å². The maximum Gasteiger partial charge on any atom is 0.305 e. The summed E-state index contributed by atoms with van der Waals surface area (Å²) >= 11 is 0. The molecule has 7 atom stereocenters. The quantitative estimate of drug-likeness (QED) is 0.0708. The second-order valence-corrected chi connectivity index (χ2v) is 15.6. The van der Waals surface area contributed by atoms with Crippen molar-refractivity contribution in [3.8, 4) is 0 Å². The van der Waals surface area contributed by atoms with Gasteiger partial charge >= 0.3 is 5.97 Å². The van der Waals surface area contributed by atoms with E-state index in [1.165, 1.54) is 16.7 Å². The van der Waals surface area contributed by atoms with Gasteiger partial charge in [-0.3, -0.25) is 48.1 Å². The summed E-state index contributed by atoms with van der Waals surface area (Å²) in [6.45, 7) is 4.77. The highest BCUT2D eigenvalue weighted by Gasteiger charge is 2.44. The molecule has 3 fully saturated rings. The number of carbonyl (C=O) groups is 9. The monoisotopic (exact) mass is 839 g/mol. The normalized spacial score (nSPS) is 26.7. The Hall–Kier alpha value is -6.28. The largest absolute Gasteiger partial charge is 0.481 e. The summed E-state index contributed by atoms with van der Waals surface area (Å²) < 4.78 is 0. The predicted molar refractivity (Wildman–Crippen MR) is 215 cm³/mol. The number of rotatable bonds is 9. The van der Waals surface area contributed by atoms with Crippen LogP contribution in [0.5, 0.6) is 0 Å². The van der Waals surface area contributed by atoms with Crippen molar-refractivity contribution in [2.24, 2.45) is 22.4 Å². The van der Waals surface area contributed by atoms with Crippen molar-refractivity contribution in [2.75, 3.05) is 26.2 Å². The fraction of sp³-hybridized carbons (Fsp3) is 0.590. The van der Waals surface area contributed by atoms with Gasteiger partial charge in [0.25, 0.3) is 0 Å². The number of nitrogens with one attached hydrogen (secondary N) is 6. The molecule has 21 nitrogen and oxygen atoms in total. The van der Waals surface area contributed by atoms with Gasteiger partial charge in [-0.15, -0.1) is 0 Å². The molecule has 1 aromatic carbocycles. The second-order valence-electron chi connectivity index (χ2n) is 15.6. The Labute approximate surface area is 347 Å². The van der Waals surface area contributed by atoms with E-state index in [0.29, 0.717) is 24.8 Å². The molecule has 8 amide bonds. The number of hydrogen-bond donors (Lipinski definition) is 9. The predicted octanol–water partition coefficient (Wildman–Crippen LogP) is -2.51. The van der Waals surface area contributed by atoms with E-state index in [1.807, 2.05) is 13.8 Å². The summed E-state index contributed by atoms with van der Waals surface area (Å²) in [6.07, 6.45) is 0.907. The van der Waals surface area contributed by atoms with E-state index in [1.54, 1.807) is 30.3 Å². The molecule has 11 N–H and O–H groups in total. The molecule has 0 bridgehead atoms. The van der Waals surface area contributed by atoms with Crippen molar-refractivity contribution in [3.05, 3.63) is 35.9 Å². The van der Waals surface area contributed by atoms with Crippen molar-refractivity contribution < 1.29 is 48.3 Å². The van der Waals surface area contributed by atoms with Gasteiger partial charge in [-0.05, 0) is 63.4 Å². The molecule has 3 heterocycles. The molecule has 0 aliphatic carbocycles. The van der Waals surface area contributed by atoms with Gasteiger partial charge in [0.15, 0.2) is 5.96 Å². The highest BCUT2D eigenvalue weighted by atomic mass is 16.4. The number of carboxylic acid groups (broad SMARTS) is 1. The third kappa shape index (κ3) is 12.9. The summed E-state index contributed by atoms with van der Waals surface area (Å²) in [4.78, 5) is 129. The topological polar surface area (TPSA) is 317 Å². The number of carboxylic acids is 1. The minimum absolute atomic E-state index is 0.0400. The summed E-state index contributed by atoms with van der Waals surface area (Å²) in [6, 6.07) is -0.547. The molecule has 3 aliphatic rings. The molecule has 4 rings (SSSR count). The Morgan fingerprint density at radius 1 is 0.767 bits per heavy atom. The first-order chi connectivity index (χ1) is 28.5. The smallest absolute Gasteiger partial charge is 0.305 e. The summed E-state index contributed by atoms with van der Waals surface area (Å²) in [5.74, 6) is -7.76. The zero-order chi connectivity index (χ0) is 44.1. The lowest BCUT2D eigenvalue weighted by molar-refractivity contribution is -0.148. The minimum Gasteiger partial charge on any atom is -0.481 e. The molecule has 21 heteroatoms. The van der Waals surface area contributed by atoms with E-state index in [2.05, 4.69) is 36.9 Å². The average molecular weight is 840 g/mol. The first-order valence-electron chi connectivity index (χ1n) is 20.2. The van der Waals surface area contributed by atoms with E-state index >= 15 is 0 Å². The van der Waals surface area contributed by atoms with Crippen LogP contribution in [0.25, 0.3) is 0 Å². The summed E-state index contributed by atoms with van der Waals surface area (Å²) in [5.41, 5.74) is 11.2. The van der Waals surface area contributed by atoms with Crippen LogP contribution in [0.15, 0.2) is 35.3 Å². The van der Waals surface area contributed by atoms with Crippen LogP contribution < -0.4 is 43.4 Å². The van der Waals surface area contributed by atoms with E-state index < -0.39 is 108 Å². The molecule has 0 aromatic heterocycles. The molecule has 3 aliphatic heterocycles. The molecular formula is C39H57N11O10. The Kier molecular flexibility index (Phi) is 16.7. The van der Waals surface area contributed by atoms with Gasteiger partial charge in [-0.1, -0.05) is 44.2 Å².